The van der Waals surface area contributed by atoms with E-state index in [1.165, 1.54) is 21.9 Å². The first-order valence-electron chi connectivity index (χ1n) is 6.87. The van der Waals surface area contributed by atoms with Crippen LogP contribution in [0.25, 0.3) is 22.0 Å². The molecule has 1 aliphatic carbocycles. The molecule has 3 heteroatoms. The molecule has 3 nitrogen and oxygen atoms in total. The van der Waals surface area contributed by atoms with Crippen LogP contribution in [0.1, 0.15) is 16.8 Å². The van der Waals surface area contributed by atoms with Gasteiger partial charge in [0.1, 0.15) is 0 Å². The summed E-state index contributed by atoms with van der Waals surface area (Å²) in [6.45, 7) is 1.95. The van der Waals surface area contributed by atoms with E-state index in [2.05, 4.69) is 40.3 Å². The van der Waals surface area contributed by atoms with Crippen molar-refractivity contribution in [2.24, 2.45) is 0 Å². The van der Waals surface area contributed by atoms with Crippen molar-refractivity contribution in [2.45, 2.75) is 19.8 Å². The van der Waals surface area contributed by atoms with Crippen molar-refractivity contribution in [1.82, 2.24) is 9.97 Å². The van der Waals surface area contributed by atoms with Crippen LogP contribution in [0.3, 0.4) is 0 Å². The summed E-state index contributed by atoms with van der Waals surface area (Å²) in [5, 5.41) is 2.68. The van der Waals surface area contributed by atoms with E-state index in [0.29, 0.717) is 5.95 Å². The molecule has 2 aromatic carbocycles. The minimum absolute atomic E-state index is 0.336. The SMILES string of the molecule is Cc1cc(-c2ccc3c4c(cccc24)CC3)nc(N)n1. The van der Waals surface area contributed by atoms with E-state index < -0.39 is 0 Å². The molecule has 3 aromatic rings. The van der Waals surface area contributed by atoms with Crippen LogP contribution in [-0.4, -0.2) is 9.97 Å². The van der Waals surface area contributed by atoms with Gasteiger partial charge in [-0.1, -0.05) is 30.3 Å². The van der Waals surface area contributed by atoms with Crippen LogP contribution in [-0.2, 0) is 12.8 Å². The molecule has 0 unspecified atom stereocenters. The first-order valence-corrected chi connectivity index (χ1v) is 6.87. The van der Waals surface area contributed by atoms with Crippen molar-refractivity contribution in [3.63, 3.8) is 0 Å². The molecule has 0 fully saturated rings. The number of nitrogens with two attached hydrogens (primary N) is 1. The molecule has 0 atom stereocenters. The number of aromatic nitrogens is 2. The van der Waals surface area contributed by atoms with Gasteiger partial charge in [-0.15, -0.1) is 0 Å². The Bertz CT molecular complexity index is 807. The fraction of sp³-hybridized carbons (Fsp3) is 0.176. The number of nitrogens with zero attached hydrogens (tertiary/aromatic N) is 2. The summed E-state index contributed by atoms with van der Waals surface area (Å²) in [4.78, 5) is 8.55. The van der Waals surface area contributed by atoms with Crippen LogP contribution >= 0.6 is 0 Å². The Hall–Kier alpha value is -2.42. The second-order valence-electron chi connectivity index (χ2n) is 5.36. The zero-order valence-corrected chi connectivity index (χ0v) is 11.4. The fourth-order valence-corrected chi connectivity index (χ4v) is 3.20. The van der Waals surface area contributed by atoms with Crippen LogP contribution in [0, 0.1) is 6.92 Å². The molecule has 0 spiro atoms. The summed E-state index contributed by atoms with van der Waals surface area (Å²) in [5.41, 5.74) is 11.6. The van der Waals surface area contributed by atoms with Crippen LogP contribution in [0.15, 0.2) is 36.4 Å². The van der Waals surface area contributed by atoms with E-state index in [4.69, 9.17) is 5.73 Å². The average molecular weight is 261 g/mol. The lowest BCUT2D eigenvalue weighted by atomic mass is 9.98. The highest BCUT2D eigenvalue weighted by Crippen LogP contribution is 2.36. The minimum Gasteiger partial charge on any atom is -0.368 e. The number of nitrogen functional groups attached to an aromatic ring is 1. The highest BCUT2D eigenvalue weighted by Gasteiger charge is 2.17. The molecule has 1 heterocycles. The Morgan fingerprint density at radius 1 is 1.00 bits per heavy atom. The Morgan fingerprint density at radius 2 is 1.80 bits per heavy atom. The third-order valence-electron chi connectivity index (χ3n) is 4.02. The molecule has 0 saturated carbocycles. The number of hydrogen-bond donors (Lipinski definition) is 1. The lowest BCUT2D eigenvalue weighted by molar-refractivity contribution is 1.02. The molecule has 0 aliphatic heterocycles. The Labute approximate surface area is 117 Å². The van der Waals surface area contributed by atoms with Crippen LogP contribution in [0.4, 0.5) is 5.95 Å². The summed E-state index contributed by atoms with van der Waals surface area (Å²) in [5.74, 6) is 0.336. The van der Waals surface area contributed by atoms with Gasteiger partial charge in [0, 0.05) is 11.3 Å². The van der Waals surface area contributed by atoms with Gasteiger partial charge in [0.05, 0.1) is 5.69 Å². The van der Waals surface area contributed by atoms with Crippen molar-refractivity contribution < 1.29 is 0 Å². The monoisotopic (exact) mass is 261 g/mol. The zero-order valence-electron chi connectivity index (χ0n) is 11.4. The van der Waals surface area contributed by atoms with E-state index in [1.54, 1.807) is 0 Å². The summed E-state index contributed by atoms with van der Waals surface area (Å²) in [7, 11) is 0. The van der Waals surface area contributed by atoms with E-state index in [9.17, 15) is 0 Å². The fourth-order valence-electron chi connectivity index (χ4n) is 3.20. The number of rotatable bonds is 1. The molecule has 0 radical (unpaired) electrons. The van der Waals surface area contributed by atoms with Gasteiger partial charge in [0.25, 0.3) is 0 Å². The van der Waals surface area contributed by atoms with Crippen molar-refractivity contribution in [1.29, 1.82) is 0 Å². The zero-order chi connectivity index (χ0) is 13.7. The van der Waals surface area contributed by atoms with Crippen molar-refractivity contribution >= 4 is 16.7 Å². The maximum Gasteiger partial charge on any atom is 0.220 e. The highest BCUT2D eigenvalue weighted by atomic mass is 15.0. The van der Waals surface area contributed by atoms with Gasteiger partial charge in [-0.25, -0.2) is 9.97 Å². The second kappa shape index (κ2) is 4.04. The average Bonchev–Trinajstić information content (AvgIpc) is 2.84. The van der Waals surface area contributed by atoms with Crippen LogP contribution < -0.4 is 5.73 Å². The summed E-state index contributed by atoms with van der Waals surface area (Å²) in [6, 6.07) is 12.9. The molecule has 20 heavy (non-hydrogen) atoms. The first-order chi connectivity index (χ1) is 9.72. The molecule has 1 aliphatic rings. The number of aryl methyl sites for hydroxylation is 3. The summed E-state index contributed by atoms with van der Waals surface area (Å²) >= 11 is 0. The molecule has 0 bridgehead atoms. The molecule has 0 amide bonds. The normalized spacial score (nSPS) is 13.1. The third kappa shape index (κ3) is 1.59. The van der Waals surface area contributed by atoms with Crippen LogP contribution in [0.5, 0.6) is 0 Å². The lowest BCUT2D eigenvalue weighted by Gasteiger charge is -2.09. The third-order valence-corrected chi connectivity index (χ3v) is 4.02. The summed E-state index contributed by atoms with van der Waals surface area (Å²) in [6.07, 6.45) is 2.28. The Morgan fingerprint density at radius 3 is 2.60 bits per heavy atom. The molecule has 0 saturated heterocycles. The Kier molecular flexibility index (Phi) is 2.30. The van der Waals surface area contributed by atoms with E-state index in [0.717, 1.165) is 29.8 Å². The lowest BCUT2D eigenvalue weighted by Crippen LogP contribution is -1.98. The largest absolute Gasteiger partial charge is 0.368 e. The molecule has 4 rings (SSSR count). The second-order valence-corrected chi connectivity index (χ2v) is 5.36. The summed E-state index contributed by atoms with van der Waals surface area (Å²) < 4.78 is 0. The van der Waals surface area contributed by atoms with Crippen molar-refractivity contribution in [2.75, 3.05) is 5.73 Å². The number of hydrogen-bond acceptors (Lipinski definition) is 3. The van der Waals surface area contributed by atoms with Crippen LogP contribution in [0.2, 0.25) is 0 Å². The predicted molar refractivity (Wildman–Crippen MR) is 81.5 cm³/mol. The van der Waals surface area contributed by atoms with Gasteiger partial charge in [0.2, 0.25) is 5.95 Å². The van der Waals surface area contributed by atoms with Gasteiger partial charge in [-0.3, -0.25) is 0 Å². The smallest absolute Gasteiger partial charge is 0.220 e. The maximum absolute atomic E-state index is 5.79. The predicted octanol–water partition coefficient (Wildman–Crippen LogP) is 3.29. The first kappa shape index (κ1) is 11.4. The molecular weight excluding hydrogens is 246 g/mol. The van der Waals surface area contributed by atoms with Gasteiger partial charge in [-0.2, -0.15) is 0 Å². The van der Waals surface area contributed by atoms with Crippen molar-refractivity contribution in [3.8, 4) is 11.3 Å². The topological polar surface area (TPSA) is 51.8 Å². The standard InChI is InChI=1S/C17H15N3/c1-10-9-15(20-17(18)19-10)13-8-7-12-6-5-11-3-2-4-14(13)16(11)12/h2-4,7-9H,5-6H2,1H3,(H2,18,19,20). The van der Waals surface area contributed by atoms with E-state index in [1.807, 2.05) is 13.0 Å². The van der Waals surface area contributed by atoms with Gasteiger partial charge in [0.15, 0.2) is 0 Å². The van der Waals surface area contributed by atoms with E-state index >= 15 is 0 Å². The molecule has 98 valence electrons. The number of benzene rings is 2. The molecule has 1 aromatic heterocycles. The Balaban J connectivity index is 2.06. The number of anilines is 1. The van der Waals surface area contributed by atoms with Gasteiger partial charge >= 0.3 is 0 Å². The van der Waals surface area contributed by atoms with Gasteiger partial charge in [-0.05, 0) is 47.7 Å². The van der Waals surface area contributed by atoms with E-state index in [-0.39, 0.29) is 0 Å². The molecular formula is C17H15N3. The quantitative estimate of drug-likeness (QED) is 0.731. The van der Waals surface area contributed by atoms with Crippen molar-refractivity contribution in [3.05, 3.63) is 53.2 Å². The van der Waals surface area contributed by atoms with Gasteiger partial charge < -0.3 is 5.73 Å². The minimum atomic E-state index is 0.336. The highest BCUT2D eigenvalue weighted by molar-refractivity contribution is 6.00. The molecule has 2 N–H and O–H groups in total. The maximum atomic E-state index is 5.79.